The molecule has 3 aromatic carbocycles. The summed E-state index contributed by atoms with van der Waals surface area (Å²) in [5, 5.41) is 7.74. The van der Waals surface area contributed by atoms with Gasteiger partial charge in [-0.15, -0.1) is 0 Å². The quantitative estimate of drug-likeness (QED) is 0.303. The fourth-order valence-corrected chi connectivity index (χ4v) is 4.28. The Hall–Kier alpha value is -3.87. The van der Waals surface area contributed by atoms with Crippen molar-refractivity contribution in [1.29, 1.82) is 0 Å². The third kappa shape index (κ3) is 8.07. The second-order valence-corrected chi connectivity index (χ2v) is 10.5. The SMILES string of the molecule is CCCCCN(C(=O)C(C)NC(=O)OC(C)(C)C)C(C(=O)Nc1ccc2ccccc2c1)c1ccccc1. The molecule has 0 saturated carbocycles. The second-order valence-electron chi connectivity index (χ2n) is 10.5. The van der Waals surface area contributed by atoms with E-state index in [0.29, 0.717) is 17.8 Å². The third-order valence-electron chi connectivity index (χ3n) is 6.08. The third-order valence-corrected chi connectivity index (χ3v) is 6.08. The molecule has 2 atom stereocenters. The van der Waals surface area contributed by atoms with E-state index in [1.54, 1.807) is 32.6 Å². The molecule has 0 spiro atoms. The molecule has 0 saturated heterocycles. The van der Waals surface area contributed by atoms with Gasteiger partial charge in [-0.1, -0.05) is 80.4 Å². The van der Waals surface area contributed by atoms with Crippen molar-refractivity contribution in [3.05, 3.63) is 78.4 Å². The number of hydrogen-bond donors (Lipinski definition) is 2. The number of nitrogens with one attached hydrogen (secondary N) is 2. The number of ether oxygens (including phenoxy) is 1. The number of nitrogens with zero attached hydrogens (tertiary/aromatic N) is 1. The number of unbranched alkanes of at least 4 members (excludes halogenated alkanes) is 2. The minimum atomic E-state index is -0.883. The zero-order valence-corrected chi connectivity index (χ0v) is 23.0. The number of rotatable bonds is 10. The zero-order valence-electron chi connectivity index (χ0n) is 23.0. The van der Waals surface area contributed by atoms with Gasteiger partial charge in [0, 0.05) is 12.2 Å². The van der Waals surface area contributed by atoms with Crippen LogP contribution in [0.1, 0.15) is 65.5 Å². The summed E-state index contributed by atoms with van der Waals surface area (Å²) in [6.45, 7) is 9.36. The van der Waals surface area contributed by atoms with Crippen LogP contribution in [0, 0.1) is 0 Å². The predicted molar refractivity (Wildman–Crippen MR) is 152 cm³/mol. The van der Waals surface area contributed by atoms with E-state index in [-0.39, 0.29) is 11.8 Å². The van der Waals surface area contributed by atoms with Gasteiger partial charge in [0.1, 0.15) is 17.7 Å². The fourth-order valence-electron chi connectivity index (χ4n) is 4.28. The van der Waals surface area contributed by atoms with Gasteiger partial charge in [0.2, 0.25) is 5.91 Å². The number of hydrogen-bond acceptors (Lipinski definition) is 4. The molecule has 3 aromatic rings. The van der Waals surface area contributed by atoms with Gasteiger partial charge >= 0.3 is 6.09 Å². The molecule has 7 heteroatoms. The smallest absolute Gasteiger partial charge is 0.408 e. The number of anilines is 1. The molecular weight excluding hydrogens is 478 g/mol. The van der Waals surface area contributed by atoms with Crippen LogP contribution >= 0.6 is 0 Å². The van der Waals surface area contributed by atoms with Gasteiger partial charge in [-0.3, -0.25) is 9.59 Å². The van der Waals surface area contributed by atoms with Gasteiger partial charge in [-0.05, 0) is 62.6 Å². The van der Waals surface area contributed by atoms with Crippen molar-refractivity contribution in [2.75, 3.05) is 11.9 Å². The topological polar surface area (TPSA) is 87.7 Å². The monoisotopic (exact) mass is 517 g/mol. The van der Waals surface area contributed by atoms with Crippen LogP contribution in [0.3, 0.4) is 0 Å². The lowest BCUT2D eigenvalue weighted by Gasteiger charge is -2.33. The Kier molecular flexibility index (Phi) is 9.88. The Bertz CT molecular complexity index is 1240. The van der Waals surface area contributed by atoms with Crippen LogP contribution in [0.25, 0.3) is 10.8 Å². The zero-order chi connectivity index (χ0) is 27.7. The summed E-state index contributed by atoms with van der Waals surface area (Å²) in [6, 6.07) is 21.2. The van der Waals surface area contributed by atoms with E-state index < -0.39 is 23.8 Å². The molecular formula is C31H39N3O4. The highest BCUT2D eigenvalue weighted by Crippen LogP contribution is 2.26. The largest absolute Gasteiger partial charge is 0.444 e. The molecule has 0 heterocycles. The van der Waals surface area contributed by atoms with E-state index in [2.05, 4.69) is 17.6 Å². The standard InChI is InChI=1S/C31H39N3O4/c1-6-7-13-20-34(29(36)22(2)32-30(37)38-31(3,4)5)27(24-15-9-8-10-16-24)28(35)33-26-19-18-23-14-11-12-17-25(23)21-26/h8-12,14-19,21-22,27H,6-7,13,20H2,1-5H3,(H,32,37)(H,33,35). The molecule has 2 unspecified atom stereocenters. The molecule has 3 rings (SSSR count). The molecule has 0 aromatic heterocycles. The van der Waals surface area contributed by atoms with Crippen LogP contribution in [-0.2, 0) is 14.3 Å². The predicted octanol–water partition coefficient (Wildman–Crippen LogP) is 6.45. The number of amides is 3. The van der Waals surface area contributed by atoms with E-state index in [1.165, 1.54) is 0 Å². The Morgan fingerprint density at radius 2 is 1.55 bits per heavy atom. The Labute approximate surface area is 225 Å². The molecule has 0 aliphatic carbocycles. The average molecular weight is 518 g/mol. The molecule has 0 radical (unpaired) electrons. The first-order chi connectivity index (χ1) is 18.1. The Morgan fingerprint density at radius 1 is 0.895 bits per heavy atom. The normalized spacial score (nSPS) is 12.9. The van der Waals surface area contributed by atoms with Crippen LogP contribution < -0.4 is 10.6 Å². The highest BCUT2D eigenvalue weighted by molar-refractivity contribution is 6.00. The van der Waals surface area contributed by atoms with Crippen molar-refractivity contribution in [3.63, 3.8) is 0 Å². The summed E-state index contributed by atoms with van der Waals surface area (Å²) >= 11 is 0. The lowest BCUT2D eigenvalue weighted by molar-refractivity contribution is -0.140. The van der Waals surface area contributed by atoms with Crippen LogP contribution in [0.15, 0.2) is 72.8 Å². The molecule has 0 fully saturated rings. The molecule has 7 nitrogen and oxygen atoms in total. The molecule has 2 N–H and O–H groups in total. The van der Waals surface area contributed by atoms with Gasteiger partial charge < -0.3 is 20.3 Å². The average Bonchev–Trinajstić information content (AvgIpc) is 2.87. The van der Waals surface area contributed by atoms with E-state index in [4.69, 9.17) is 4.74 Å². The molecule has 0 aliphatic rings. The van der Waals surface area contributed by atoms with Crippen molar-refractivity contribution in [3.8, 4) is 0 Å². The van der Waals surface area contributed by atoms with Gasteiger partial charge in [0.05, 0.1) is 0 Å². The van der Waals surface area contributed by atoms with Crippen molar-refractivity contribution in [2.45, 2.75) is 71.6 Å². The minimum Gasteiger partial charge on any atom is -0.444 e. The van der Waals surface area contributed by atoms with Crippen LogP contribution in [0.4, 0.5) is 10.5 Å². The number of carbonyl (C=O) groups is 3. The molecule has 3 amide bonds. The fraction of sp³-hybridized carbons (Fsp3) is 0.387. The lowest BCUT2D eigenvalue weighted by atomic mass is 10.0. The second kappa shape index (κ2) is 13.1. The van der Waals surface area contributed by atoms with Crippen LogP contribution in [0.2, 0.25) is 0 Å². The van der Waals surface area contributed by atoms with Crippen molar-refractivity contribution in [1.82, 2.24) is 10.2 Å². The Morgan fingerprint density at radius 3 is 2.21 bits per heavy atom. The Balaban J connectivity index is 1.92. The first-order valence-corrected chi connectivity index (χ1v) is 13.2. The number of fused-ring (bicyclic) bond motifs is 1. The maximum atomic E-state index is 13.8. The maximum Gasteiger partial charge on any atom is 0.408 e. The molecule has 38 heavy (non-hydrogen) atoms. The van der Waals surface area contributed by atoms with Gasteiger partial charge in [-0.25, -0.2) is 4.79 Å². The van der Waals surface area contributed by atoms with Crippen molar-refractivity contribution < 1.29 is 19.1 Å². The van der Waals surface area contributed by atoms with Gasteiger partial charge in [-0.2, -0.15) is 0 Å². The number of carbonyl (C=O) groups excluding carboxylic acids is 3. The molecule has 0 bridgehead atoms. The summed E-state index contributed by atoms with van der Waals surface area (Å²) in [5.74, 6) is -0.671. The van der Waals surface area contributed by atoms with Crippen LogP contribution in [-0.4, -0.2) is 41.0 Å². The highest BCUT2D eigenvalue weighted by Gasteiger charge is 2.34. The number of alkyl carbamates (subject to hydrolysis) is 1. The maximum absolute atomic E-state index is 13.8. The van der Waals surface area contributed by atoms with Gasteiger partial charge in [0.25, 0.3) is 5.91 Å². The summed E-state index contributed by atoms with van der Waals surface area (Å²) in [6.07, 6.45) is 1.93. The summed E-state index contributed by atoms with van der Waals surface area (Å²) < 4.78 is 5.34. The van der Waals surface area contributed by atoms with Gasteiger partial charge in [0.15, 0.2) is 0 Å². The lowest BCUT2D eigenvalue weighted by Crippen LogP contribution is -2.51. The minimum absolute atomic E-state index is 0.319. The summed E-state index contributed by atoms with van der Waals surface area (Å²) in [4.78, 5) is 41.6. The molecule has 0 aliphatic heterocycles. The van der Waals surface area contributed by atoms with Crippen molar-refractivity contribution in [2.24, 2.45) is 0 Å². The van der Waals surface area contributed by atoms with Crippen molar-refractivity contribution >= 4 is 34.4 Å². The molecule has 202 valence electrons. The summed E-state index contributed by atoms with van der Waals surface area (Å²) in [5.41, 5.74) is 0.649. The first kappa shape index (κ1) is 28.7. The highest BCUT2D eigenvalue weighted by atomic mass is 16.6. The first-order valence-electron chi connectivity index (χ1n) is 13.2. The van der Waals surface area contributed by atoms with E-state index in [9.17, 15) is 14.4 Å². The summed E-state index contributed by atoms with van der Waals surface area (Å²) in [7, 11) is 0. The van der Waals surface area contributed by atoms with E-state index >= 15 is 0 Å². The van der Waals surface area contributed by atoms with Crippen LogP contribution in [0.5, 0.6) is 0 Å². The van der Waals surface area contributed by atoms with E-state index in [0.717, 1.165) is 30.0 Å². The number of benzene rings is 3. The van der Waals surface area contributed by atoms with E-state index in [1.807, 2.05) is 72.8 Å².